The third-order valence-electron chi connectivity index (χ3n) is 8.66. The van der Waals surface area contributed by atoms with E-state index in [1.807, 2.05) is 24.4 Å². The summed E-state index contributed by atoms with van der Waals surface area (Å²) in [5.74, 6) is 1.79. The van der Waals surface area contributed by atoms with Crippen LogP contribution in [0.15, 0.2) is 84.5 Å². The van der Waals surface area contributed by atoms with Crippen LogP contribution in [-0.4, -0.2) is 63.6 Å². The molecular formula is C36H35ClN10O. The summed E-state index contributed by atoms with van der Waals surface area (Å²) in [7, 11) is 0. The first kappa shape index (κ1) is 31.3. The van der Waals surface area contributed by atoms with Crippen molar-refractivity contribution in [1.82, 2.24) is 30.2 Å². The third kappa shape index (κ3) is 6.86. The number of anilines is 3. The molecule has 5 heterocycles. The normalized spacial score (nSPS) is 14.6. The second-order valence-corrected chi connectivity index (χ2v) is 12.1. The molecule has 1 fully saturated rings. The van der Waals surface area contributed by atoms with Gasteiger partial charge in [0.2, 0.25) is 5.96 Å². The average Bonchev–Trinajstić information content (AvgIpc) is 3.80. The molecule has 1 saturated heterocycles. The second kappa shape index (κ2) is 14.6. The number of nitrogens with one attached hydrogen (secondary N) is 2. The van der Waals surface area contributed by atoms with Gasteiger partial charge in [-0.25, -0.2) is 15.0 Å². The van der Waals surface area contributed by atoms with Crippen molar-refractivity contribution in [3.8, 4) is 23.1 Å². The van der Waals surface area contributed by atoms with E-state index in [0.29, 0.717) is 35.2 Å². The lowest BCUT2D eigenvalue weighted by Crippen LogP contribution is -2.26. The van der Waals surface area contributed by atoms with Crippen LogP contribution in [0.25, 0.3) is 22.2 Å². The molecule has 12 heteroatoms. The summed E-state index contributed by atoms with van der Waals surface area (Å²) in [5.41, 5.74) is 7.37. The van der Waals surface area contributed by atoms with Gasteiger partial charge < -0.3 is 19.9 Å². The molecule has 0 radical (unpaired) electrons. The van der Waals surface area contributed by atoms with Crippen molar-refractivity contribution in [2.45, 2.75) is 32.2 Å². The highest BCUT2D eigenvalue weighted by Crippen LogP contribution is 2.44. The molecule has 0 spiro atoms. The second-order valence-electron chi connectivity index (χ2n) is 11.7. The number of ether oxygens (including phenoxy) is 1. The van der Waals surface area contributed by atoms with Crippen LogP contribution in [0.1, 0.15) is 30.4 Å². The van der Waals surface area contributed by atoms with Crippen LogP contribution in [0.4, 0.5) is 17.2 Å². The minimum Gasteiger partial charge on any atom is -0.492 e. The molecule has 0 aliphatic carbocycles. The number of aliphatic imine (C=N–C) groups is 1. The zero-order valence-electron chi connectivity index (χ0n) is 26.4. The summed E-state index contributed by atoms with van der Waals surface area (Å²) >= 11 is 6.99. The molecule has 2 aliphatic rings. The zero-order valence-corrected chi connectivity index (χ0v) is 27.2. The van der Waals surface area contributed by atoms with E-state index in [9.17, 15) is 5.26 Å². The molecule has 2 aromatic carbocycles. The highest BCUT2D eigenvalue weighted by atomic mass is 35.5. The SMILES string of the molecule is N#CNC(=NCc1cnc2c(N3CCc4c(-c5cccc(OCCCN6CCCC6)c5Cl)cccc43)ncnc2c1)Nc1ccncc1. The monoisotopic (exact) mass is 658 g/mol. The Hall–Kier alpha value is -5.31. The lowest BCUT2D eigenvalue weighted by Gasteiger charge is -2.20. The fourth-order valence-corrected chi connectivity index (χ4v) is 6.66. The number of aromatic nitrogens is 4. The molecule has 3 aromatic heterocycles. The average molecular weight is 659 g/mol. The summed E-state index contributed by atoms with van der Waals surface area (Å²) in [6.07, 6.45) is 13.0. The molecule has 48 heavy (non-hydrogen) atoms. The van der Waals surface area contributed by atoms with Gasteiger partial charge in [-0.3, -0.25) is 15.3 Å². The molecule has 2 aliphatic heterocycles. The number of hydrogen-bond donors (Lipinski definition) is 2. The number of fused-ring (bicyclic) bond motifs is 2. The van der Waals surface area contributed by atoms with Crippen LogP contribution in [0, 0.1) is 11.5 Å². The number of nitrogens with zero attached hydrogens (tertiary/aromatic N) is 8. The van der Waals surface area contributed by atoms with E-state index < -0.39 is 0 Å². The lowest BCUT2D eigenvalue weighted by molar-refractivity contribution is 0.263. The van der Waals surface area contributed by atoms with E-state index in [1.54, 1.807) is 37.1 Å². The molecular weight excluding hydrogens is 624 g/mol. The van der Waals surface area contributed by atoms with Crippen LogP contribution in [0.3, 0.4) is 0 Å². The van der Waals surface area contributed by atoms with Crippen LogP contribution in [-0.2, 0) is 13.0 Å². The summed E-state index contributed by atoms with van der Waals surface area (Å²) in [5, 5.41) is 15.5. The highest BCUT2D eigenvalue weighted by Gasteiger charge is 2.27. The van der Waals surface area contributed by atoms with Crippen molar-refractivity contribution in [3.05, 3.63) is 95.7 Å². The van der Waals surface area contributed by atoms with Gasteiger partial charge in [0.1, 0.15) is 17.6 Å². The Morgan fingerprint density at radius 3 is 2.69 bits per heavy atom. The van der Waals surface area contributed by atoms with Crippen molar-refractivity contribution in [3.63, 3.8) is 0 Å². The quantitative estimate of drug-likeness (QED) is 0.0577. The van der Waals surface area contributed by atoms with Gasteiger partial charge in [-0.05, 0) is 85.8 Å². The lowest BCUT2D eigenvalue weighted by atomic mass is 9.97. The topological polar surface area (TPSA) is 127 Å². The Bertz CT molecular complexity index is 1970. The van der Waals surface area contributed by atoms with Crippen LogP contribution in [0.2, 0.25) is 5.02 Å². The largest absolute Gasteiger partial charge is 0.492 e. The first-order valence-corrected chi connectivity index (χ1v) is 16.6. The van der Waals surface area contributed by atoms with Crippen LogP contribution >= 0.6 is 11.6 Å². The Labute approximate surface area is 284 Å². The molecule has 0 saturated carbocycles. The van der Waals surface area contributed by atoms with Gasteiger partial charge in [0, 0.05) is 48.6 Å². The fourth-order valence-electron chi connectivity index (χ4n) is 6.38. The Morgan fingerprint density at radius 1 is 1.00 bits per heavy atom. The highest BCUT2D eigenvalue weighted by molar-refractivity contribution is 6.35. The predicted octanol–water partition coefficient (Wildman–Crippen LogP) is 6.34. The van der Waals surface area contributed by atoms with Gasteiger partial charge in [-0.2, -0.15) is 5.26 Å². The predicted molar refractivity (Wildman–Crippen MR) is 188 cm³/mol. The van der Waals surface area contributed by atoms with Gasteiger partial charge in [0.25, 0.3) is 0 Å². The summed E-state index contributed by atoms with van der Waals surface area (Å²) in [6, 6.07) is 17.9. The zero-order chi connectivity index (χ0) is 32.7. The van der Waals surface area contributed by atoms with Gasteiger partial charge in [-0.15, -0.1) is 0 Å². The first-order chi connectivity index (χ1) is 23.7. The van der Waals surface area contributed by atoms with Crippen LogP contribution in [0.5, 0.6) is 5.75 Å². The number of benzene rings is 2. The van der Waals surface area contributed by atoms with Crippen molar-refractivity contribution in [2.75, 3.05) is 43.0 Å². The maximum absolute atomic E-state index is 9.19. The molecule has 11 nitrogen and oxygen atoms in total. The maximum atomic E-state index is 9.19. The number of likely N-dealkylation sites (tertiary alicyclic amines) is 1. The summed E-state index contributed by atoms with van der Waals surface area (Å²) in [4.78, 5) is 27.2. The Morgan fingerprint density at radius 2 is 1.83 bits per heavy atom. The number of pyridine rings is 2. The molecule has 2 N–H and O–H groups in total. The van der Waals surface area contributed by atoms with E-state index in [2.05, 4.69) is 64.6 Å². The van der Waals surface area contributed by atoms with E-state index in [1.165, 1.54) is 31.5 Å². The minimum atomic E-state index is 0.294. The molecule has 0 unspecified atom stereocenters. The summed E-state index contributed by atoms with van der Waals surface area (Å²) < 4.78 is 6.17. The first-order valence-electron chi connectivity index (χ1n) is 16.2. The number of halogens is 1. The number of hydrogen-bond acceptors (Lipinski definition) is 9. The van der Waals surface area contributed by atoms with Crippen molar-refractivity contribution in [2.24, 2.45) is 4.99 Å². The molecule has 0 bridgehead atoms. The Kier molecular flexibility index (Phi) is 9.54. The minimum absolute atomic E-state index is 0.294. The van der Waals surface area contributed by atoms with Crippen molar-refractivity contribution >= 4 is 45.8 Å². The van der Waals surface area contributed by atoms with Gasteiger partial charge in [0.15, 0.2) is 12.0 Å². The molecule has 7 rings (SSSR count). The molecule has 5 aromatic rings. The molecule has 242 valence electrons. The third-order valence-corrected chi connectivity index (χ3v) is 9.05. The van der Waals surface area contributed by atoms with Gasteiger partial charge in [0.05, 0.1) is 23.7 Å². The van der Waals surface area contributed by atoms with E-state index in [0.717, 1.165) is 65.6 Å². The maximum Gasteiger partial charge on any atom is 0.209 e. The van der Waals surface area contributed by atoms with E-state index >= 15 is 0 Å². The number of guanidine groups is 1. The van der Waals surface area contributed by atoms with Gasteiger partial charge in [-0.1, -0.05) is 35.9 Å². The van der Waals surface area contributed by atoms with Crippen LogP contribution < -0.4 is 20.3 Å². The van der Waals surface area contributed by atoms with Crippen molar-refractivity contribution in [1.29, 1.82) is 5.26 Å². The summed E-state index contributed by atoms with van der Waals surface area (Å²) in [6.45, 7) is 5.13. The van der Waals surface area contributed by atoms with Crippen molar-refractivity contribution < 1.29 is 4.74 Å². The Balaban J connectivity index is 1.10. The van der Waals surface area contributed by atoms with E-state index in [-0.39, 0.29) is 0 Å². The molecule has 0 amide bonds. The molecule has 0 atom stereocenters. The standard InChI is InChI=1S/C36H35ClN10O/c37-33-29(7-4-9-32(33)48-19-5-17-46-15-1-2-16-46)27-6-3-8-31-28(27)12-18-47(31)35-34-30(43-24-44-35)20-25(21-40-34)22-41-36(42-23-38)45-26-10-13-39-14-11-26/h3-4,6-11,13-14,20-21,24H,1-2,5,12,15-19,22H2,(H2,39,41,42,45). The number of nitriles is 1. The van der Waals surface area contributed by atoms with Gasteiger partial charge >= 0.3 is 0 Å². The number of rotatable bonds is 10. The fraction of sp³-hybridized carbons (Fsp3) is 0.278. The van der Waals surface area contributed by atoms with E-state index in [4.69, 9.17) is 21.3 Å². The smallest absolute Gasteiger partial charge is 0.209 e.